The molecule has 21 heavy (non-hydrogen) atoms. The van der Waals surface area contributed by atoms with Crippen molar-refractivity contribution in [2.45, 2.75) is 30.7 Å². The van der Waals surface area contributed by atoms with Crippen LogP contribution >= 0.6 is 11.8 Å². The lowest BCUT2D eigenvalue weighted by molar-refractivity contribution is -0.119. The molecule has 2 rings (SSSR count). The average Bonchev–Trinajstić information content (AvgIpc) is 2.46. The van der Waals surface area contributed by atoms with E-state index in [2.05, 4.69) is 17.6 Å². The molecule has 0 aliphatic carbocycles. The van der Waals surface area contributed by atoms with E-state index in [1.807, 2.05) is 24.3 Å². The number of amides is 2. The third-order valence-corrected chi connectivity index (χ3v) is 4.59. The van der Waals surface area contributed by atoms with E-state index in [1.54, 1.807) is 0 Å². The summed E-state index contributed by atoms with van der Waals surface area (Å²) >= 11 is 1.33. The van der Waals surface area contributed by atoms with E-state index in [0.717, 1.165) is 30.0 Å². The number of carbonyl (C=O) groups excluding carboxylic acids is 2. The highest BCUT2D eigenvalue weighted by molar-refractivity contribution is 8.00. The van der Waals surface area contributed by atoms with Gasteiger partial charge < -0.3 is 16.4 Å². The van der Waals surface area contributed by atoms with Gasteiger partial charge >= 0.3 is 0 Å². The monoisotopic (exact) mass is 307 g/mol. The zero-order valence-corrected chi connectivity index (χ0v) is 12.9. The second kappa shape index (κ2) is 7.47. The first kappa shape index (κ1) is 15.9. The van der Waals surface area contributed by atoms with E-state index >= 15 is 0 Å². The number of primary amides is 1. The van der Waals surface area contributed by atoms with Crippen LogP contribution in [0.3, 0.4) is 0 Å². The van der Waals surface area contributed by atoms with Gasteiger partial charge in [0.15, 0.2) is 0 Å². The second-order valence-corrected chi connectivity index (χ2v) is 6.39. The van der Waals surface area contributed by atoms with Gasteiger partial charge in [-0.15, -0.1) is 11.8 Å². The van der Waals surface area contributed by atoms with Crippen LogP contribution in [0.1, 0.15) is 19.8 Å². The van der Waals surface area contributed by atoms with Crippen LogP contribution in [0.15, 0.2) is 29.2 Å². The molecule has 1 saturated heterocycles. The number of hydrogen-bond donors (Lipinski definition) is 3. The Hall–Kier alpha value is -1.53. The lowest BCUT2D eigenvalue weighted by Gasteiger charge is -2.27. The molecule has 1 aliphatic rings. The lowest BCUT2D eigenvalue weighted by atomic mass is 9.94. The first-order valence-corrected chi connectivity index (χ1v) is 8.09. The van der Waals surface area contributed by atoms with E-state index in [-0.39, 0.29) is 23.6 Å². The Labute approximate surface area is 129 Å². The number of hydrogen-bond acceptors (Lipinski definition) is 4. The van der Waals surface area contributed by atoms with Gasteiger partial charge in [0.05, 0.1) is 17.5 Å². The molecule has 0 bridgehead atoms. The highest BCUT2D eigenvalue weighted by Crippen LogP contribution is 2.27. The summed E-state index contributed by atoms with van der Waals surface area (Å²) in [5.41, 5.74) is 5.90. The number of rotatable bonds is 5. The van der Waals surface area contributed by atoms with Crippen LogP contribution in [-0.4, -0.2) is 30.2 Å². The fourth-order valence-electron chi connectivity index (χ4n) is 2.37. The number of piperidine rings is 1. The average molecular weight is 307 g/mol. The van der Waals surface area contributed by atoms with Gasteiger partial charge in [0.2, 0.25) is 11.8 Å². The summed E-state index contributed by atoms with van der Waals surface area (Å²) < 4.78 is 0. The lowest BCUT2D eigenvalue weighted by Crippen LogP contribution is -2.45. The van der Waals surface area contributed by atoms with E-state index in [1.165, 1.54) is 11.8 Å². The highest BCUT2D eigenvalue weighted by Gasteiger charge is 2.24. The van der Waals surface area contributed by atoms with Crippen molar-refractivity contribution >= 4 is 29.3 Å². The Bertz CT molecular complexity index is 521. The predicted octanol–water partition coefficient (Wildman–Crippen LogP) is 1.59. The zero-order chi connectivity index (χ0) is 15.2. The van der Waals surface area contributed by atoms with Gasteiger partial charge in [-0.05, 0) is 37.4 Å². The number of benzene rings is 1. The van der Waals surface area contributed by atoms with E-state index < -0.39 is 0 Å². The SMILES string of the molecule is CC1CCNC(C(=O)Nc2ccccc2SCC(N)=O)C1. The number of anilines is 1. The van der Waals surface area contributed by atoms with Crippen LogP contribution in [0.5, 0.6) is 0 Å². The van der Waals surface area contributed by atoms with Crippen LogP contribution in [-0.2, 0) is 9.59 Å². The normalized spacial score (nSPS) is 21.8. The number of thioether (sulfide) groups is 1. The molecular weight excluding hydrogens is 286 g/mol. The zero-order valence-electron chi connectivity index (χ0n) is 12.1. The molecule has 2 atom stereocenters. The van der Waals surface area contributed by atoms with E-state index in [4.69, 9.17) is 5.73 Å². The molecule has 1 aromatic carbocycles. The molecule has 5 nitrogen and oxygen atoms in total. The summed E-state index contributed by atoms with van der Waals surface area (Å²) in [4.78, 5) is 24.1. The Morgan fingerprint density at radius 3 is 2.90 bits per heavy atom. The molecule has 2 unspecified atom stereocenters. The molecule has 0 spiro atoms. The molecule has 1 heterocycles. The molecule has 0 saturated carbocycles. The first-order valence-electron chi connectivity index (χ1n) is 7.10. The molecule has 2 amide bonds. The van der Waals surface area contributed by atoms with Crippen molar-refractivity contribution in [3.05, 3.63) is 24.3 Å². The van der Waals surface area contributed by atoms with Crippen molar-refractivity contribution < 1.29 is 9.59 Å². The maximum Gasteiger partial charge on any atom is 0.241 e. The van der Waals surface area contributed by atoms with Gasteiger partial charge in [-0.3, -0.25) is 9.59 Å². The maximum absolute atomic E-state index is 12.3. The number of nitrogens with two attached hydrogens (primary N) is 1. The third kappa shape index (κ3) is 4.75. The van der Waals surface area contributed by atoms with Gasteiger partial charge in [0, 0.05) is 4.90 Å². The summed E-state index contributed by atoms with van der Waals surface area (Å²) in [6, 6.07) is 7.30. The maximum atomic E-state index is 12.3. The van der Waals surface area contributed by atoms with Gasteiger partial charge in [-0.25, -0.2) is 0 Å². The van der Waals surface area contributed by atoms with Gasteiger partial charge in [0.1, 0.15) is 0 Å². The summed E-state index contributed by atoms with van der Waals surface area (Å²) in [6.07, 6.45) is 1.96. The highest BCUT2D eigenvalue weighted by atomic mass is 32.2. The largest absolute Gasteiger partial charge is 0.369 e. The smallest absolute Gasteiger partial charge is 0.241 e. The van der Waals surface area contributed by atoms with Crippen LogP contribution in [0.2, 0.25) is 0 Å². The number of para-hydroxylation sites is 1. The van der Waals surface area contributed by atoms with Gasteiger partial charge in [0.25, 0.3) is 0 Å². The minimum absolute atomic E-state index is 0.0197. The van der Waals surface area contributed by atoms with Gasteiger partial charge in [-0.1, -0.05) is 19.1 Å². The summed E-state index contributed by atoms with van der Waals surface area (Å²) in [6.45, 7) is 3.04. The standard InChI is InChI=1S/C15H21N3O2S/c1-10-6-7-17-12(8-10)15(20)18-11-4-2-3-5-13(11)21-9-14(16)19/h2-5,10,12,17H,6-9H2,1H3,(H2,16,19)(H,18,20). The molecule has 6 heteroatoms. The van der Waals surface area contributed by atoms with E-state index in [9.17, 15) is 9.59 Å². The van der Waals surface area contributed by atoms with Crippen LogP contribution < -0.4 is 16.4 Å². The van der Waals surface area contributed by atoms with Crippen LogP contribution in [0.25, 0.3) is 0 Å². The van der Waals surface area contributed by atoms with Crippen molar-refractivity contribution in [1.29, 1.82) is 0 Å². The molecular formula is C15H21N3O2S. The molecule has 1 aliphatic heterocycles. The quantitative estimate of drug-likeness (QED) is 0.721. The molecule has 1 fully saturated rings. The summed E-state index contributed by atoms with van der Waals surface area (Å²) in [5, 5.41) is 6.20. The second-order valence-electron chi connectivity index (χ2n) is 5.38. The third-order valence-electron chi connectivity index (χ3n) is 3.50. The number of nitrogens with one attached hydrogen (secondary N) is 2. The Morgan fingerprint density at radius 2 is 2.19 bits per heavy atom. The number of carbonyl (C=O) groups is 2. The predicted molar refractivity (Wildman–Crippen MR) is 85.2 cm³/mol. The van der Waals surface area contributed by atoms with E-state index in [0.29, 0.717) is 5.92 Å². The van der Waals surface area contributed by atoms with Crippen LogP contribution in [0.4, 0.5) is 5.69 Å². The Morgan fingerprint density at radius 1 is 1.43 bits per heavy atom. The minimum atomic E-state index is -0.371. The molecule has 1 aromatic rings. The van der Waals surface area contributed by atoms with Crippen molar-refractivity contribution in [3.63, 3.8) is 0 Å². The van der Waals surface area contributed by atoms with Crippen molar-refractivity contribution in [2.24, 2.45) is 11.7 Å². The molecule has 114 valence electrons. The fourth-order valence-corrected chi connectivity index (χ4v) is 3.12. The minimum Gasteiger partial charge on any atom is -0.369 e. The van der Waals surface area contributed by atoms with Crippen molar-refractivity contribution in [1.82, 2.24) is 5.32 Å². The fraction of sp³-hybridized carbons (Fsp3) is 0.467. The van der Waals surface area contributed by atoms with Crippen molar-refractivity contribution in [3.8, 4) is 0 Å². The topological polar surface area (TPSA) is 84.2 Å². The summed E-state index contributed by atoms with van der Waals surface area (Å²) in [7, 11) is 0. The molecule has 4 N–H and O–H groups in total. The Balaban J connectivity index is 2.01. The summed E-state index contributed by atoms with van der Waals surface area (Å²) in [5.74, 6) is 0.366. The Kier molecular flexibility index (Phi) is 5.64. The van der Waals surface area contributed by atoms with Crippen LogP contribution in [0, 0.1) is 5.92 Å². The van der Waals surface area contributed by atoms with Gasteiger partial charge in [-0.2, -0.15) is 0 Å². The first-order chi connectivity index (χ1) is 10.1. The van der Waals surface area contributed by atoms with Crippen molar-refractivity contribution in [2.75, 3.05) is 17.6 Å². The molecule has 0 aromatic heterocycles. The molecule has 0 radical (unpaired) electrons.